The standard InChI is InChI=1S/C9H21OSi/c1-5-7-8-9-11(3,4)10-6-2/h9H,5-8H2,1-4H3. The summed E-state index contributed by atoms with van der Waals surface area (Å²) in [7, 11) is -1.37. The molecule has 0 N–H and O–H groups in total. The number of unbranched alkanes of at least 4 members (excludes halogenated alkanes) is 2. The maximum absolute atomic E-state index is 5.66. The van der Waals surface area contributed by atoms with Crippen LogP contribution in [0.15, 0.2) is 0 Å². The van der Waals surface area contributed by atoms with Crippen molar-refractivity contribution in [1.29, 1.82) is 0 Å². The highest BCUT2D eigenvalue weighted by atomic mass is 28.4. The summed E-state index contributed by atoms with van der Waals surface area (Å²) in [4.78, 5) is 0. The summed E-state index contributed by atoms with van der Waals surface area (Å²) < 4.78 is 5.66. The van der Waals surface area contributed by atoms with E-state index in [0.29, 0.717) is 0 Å². The topological polar surface area (TPSA) is 9.23 Å². The average Bonchev–Trinajstić information content (AvgIpc) is 1.87. The molecule has 67 valence electrons. The first kappa shape index (κ1) is 11.2. The van der Waals surface area contributed by atoms with Gasteiger partial charge in [-0.1, -0.05) is 26.2 Å². The second-order valence-electron chi connectivity index (χ2n) is 3.38. The quantitative estimate of drug-likeness (QED) is 0.443. The Morgan fingerprint density at radius 3 is 2.36 bits per heavy atom. The van der Waals surface area contributed by atoms with Crippen LogP contribution in [0.1, 0.15) is 33.1 Å². The first-order valence-corrected chi connectivity index (χ1v) is 7.59. The van der Waals surface area contributed by atoms with Crippen LogP contribution in [-0.2, 0) is 4.43 Å². The van der Waals surface area contributed by atoms with Gasteiger partial charge in [-0.15, -0.1) is 0 Å². The molecule has 0 aliphatic rings. The van der Waals surface area contributed by atoms with Crippen LogP contribution < -0.4 is 0 Å². The third-order valence-corrected chi connectivity index (χ3v) is 4.01. The summed E-state index contributed by atoms with van der Waals surface area (Å²) in [5.74, 6) is 0. The van der Waals surface area contributed by atoms with E-state index in [0.717, 1.165) is 6.61 Å². The first-order valence-electron chi connectivity index (χ1n) is 4.60. The molecule has 0 aromatic rings. The molecule has 0 aliphatic carbocycles. The highest BCUT2D eigenvalue weighted by Crippen LogP contribution is 2.12. The van der Waals surface area contributed by atoms with E-state index in [4.69, 9.17) is 4.43 Å². The smallest absolute Gasteiger partial charge is 0.189 e. The normalized spacial score (nSPS) is 12.0. The zero-order valence-electron chi connectivity index (χ0n) is 8.31. The minimum absolute atomic E-state index is 0.863. The zero-order chi connectivity index (χ0) is 8.74. The fourth-order valence-electron chi connectivity index (χ4n) is 1.08. The van der Waals surface area contributed by atoms with Crippen LogP contribution in [0.3, 0.4) is 0 Å². The molecule has 0 saturated carbocycles. The van der Waals surface area contributed by atoms with E-state index in [1.54, 1.807) is 0 Å². The van der Waals surface area contributed by atoms with Gasteiger partial charge < -0.3 is 4.43 Å². The Morgan fingerprint density at radius 1 is 1.27 bits per heavy atom. The second-order valence-corrected chi connectivity index (χ2v) is 7.29. The molecule has 0 rings (SSSR count). The van der Waals surface area contributed by atoms with Crippen LogP contribution in [0.25, 0.3) is 0 Å². The maximum atomic E-state index is 5.66. The molecule has 0 aliphatic heterocycles. The molecule has 11 heavy (non-hydrogen) atoms. The monoisotopic (exact) mass is 173 g/mol. The molecule has 0 spiro atoms. The molecule has 0 aromatic heterocycles. The van der Waals surface area contributed by atoms with Crippen molar-refractivity contribution in [2.24, 2.45) is 0 Å². The lowest BCUT2D eigenvalue weighted by atomic mass is 10.3. The lowest BCUT2D eigenvalue weighted by molar-refractivity contribution is 0.333. The largest absolute Gasteiger partial charge is 0.417 e. The Labute approximate surface area is 72.3 Å². The molecule has 0 saturated heterocycles. The van der Waals surface area contributed by atoms with E-state index in [2.05, 4.69) is 33.0 Å². The number of hydrogen-bond acceptors (Lipinski definition) is 1. The van der Waals surface area contributed by atoms with Gasteiger partial charge in [0.05, 0.1) is 0 Å². The average molecular weight is 173 g/mol. The summed E-state index contributed by atoms with van der Waals surface area (Å²) in [5.41, 5.74) is 0. The summed E-state index contributed by atoms with van der Waals surface area (Å²) in [6.45, 7) is 9.67. The van der Waals surface area contributed by atoms with Crippen molar-refractivity contribution in [3.05, 3.63) is 6.04 Å². The van der Waals surface area contributed by atoms with Crippen molar-refractivity contribution in [2.75, 3.05) is 6.61 Å². The van der Waals surface area contributed by atoms with Gasteiger partial charge in [-0.05, 0) is 26.1 Å². The van der Waals surface area contributed by atoms with Gasteiger partial charge in [0.25, 0.3) is 0 Å². The molecule has 0 atom stereocenters. The molecule has 0 heterocycles. The van der Waals surface area contributed by atoms with Gasteiger partial charge in [0.2, 0.25) is 0 Å². The minimum Gasteiger partial charge on any atom is -0.417 e. The van der Waals surface area contributed by atoms with Crippen LogP contribution in [-0.4, -0.2) is 14.9 Å². The highest BCUT2D eigenvalue weighted by molar-refractivity contribution is 6.74. The molecule has 0 fully saturated rings. The SMILES string of the molecule is CCCC[CH][Si](C)(C)OCC. The van der Waals surface area contributed by atoms with Gasteiger partial charge in [-0.2, -0.15) is 0 Å². The Bertz CT molecular complexity index is 91.6. The van der Waals surface area contributed by atoms with Crippen LogP contribution in [0.5, 0.6) is 0 Å². The van der Waals surface area contributed by atoms with Crippen LogP contribution >= 0.6 is 0 Å². The lowest BCUT2D eigenvalue weighted by Gasteiger charge is -2.21. The van der Waals surface area contributed by atoms with Crippen molar-refractivity contribution in [2.45, 2.75) is 46.2 Å². The van der Waals surface area contributed by atoms with Crippen LogP contribution in [0.2, 0.25) is 13.1 Å². The Morgan fingerprint density at radius 2 is 1.91 bits per heavy atom. The van der Waals surface area contributed by atoms with Gasteiger partial charge >= 0.3 is 0 Å². The van der Waals surface area contributed by atoms with E-state index in [1.807, 2.05) is 0 Å². The highest BCUT2D eigenvalue weighted by Gasteiger charge is 2.20. The van der Waals surface area contributed by atoms with Crippen molar-refractivity contribution < 1.29 is 4.43 Å². The Kier molecular flexibility index (Phi) is 5.87. The molecule has 1 radical (unpaired) electrons. The third-order valence-electron chi connectivity index (χ3n) is 1.71. The number of hydrogen-bond donors (Lipinski definition) is 0. The van der Waals surface area contributed by atoms with E-state index < -0.39 is 8.32 Å². The van der Waals surface area contributed by atoms with Crippen LogP contribution in [0.4, 0.5) is 0 Å². The summed E-state index contributed by atoms with van der Waals surface area (Å²) in [6, 6.07) is 2.40. The van der Waals surface area contributed by atoms with Crippen molar-refractivity contribution in [3.63, 3.8) is 0 Å². The van der Waals surface area contributed by atoms with E-state index >= 15 is 0 Å². The second kappa shape index (κ2) is 5.78. The molecule has 0 unspecified atom stereocenters. The minimum atomic E-state index is -1.37. The Balaban J connectivity index is 3.38. The molecule has 0 aromatic carbocycles. The van der Waals surface area contributed by atoms with E-state index in [-0.39, 0.29) is 0 Å². The third kappa shape index (κ3) is 6.57. The Hall–Kier alpha value is 0.177. The fraction of sp³-hybridized carbons (Fsp3) is 0.889. The first-order chi connectivity index (χ1) is 5.12. The van der Waals surface area contributed by atoms with Crippen LogP contribution in [0, 0.1) is 6.04 Å². The molecule has 1 nitrogen and oxygen atoms in total. The maximum Gasteiger partial charge on any atom is 0.189 e. The van der Waals surface area contributed by atoms with Crippen molar-refractivity contribution in [1.82, 2.24) is 0 Å². The molecular formula is C9H21OSi. The van der Waals surface area contributed by atoms with Gasteiger partial charge in [-0.25, -0.2) is 0 Å². The van der Waals surface area contributed by atoms with E-state index in [1.165, 1.54) is 19.3 Å². The molecule has 0 bridgehead atoms. The predicted molar refractivity (Wildman–Crippen MR) is 52.9 cm³/mol. The van der Waals surface area contributed by atoms with Gasteiger partial charge in [0, 0.05) is 6.61 Å². The number of rotatable bonds is 6. The van der Waals surface area contributed by atoms with Crippen molar-refractivity contribution >= 4 is 8.32 Å². The van der Waals surface area contributed by atoms with Crippen molar-refractivity contribution in [3.8, 4) is 0 Å². The summed E-state index contributed by atoms with van der Waals surface area (Å²) in [6.07, 6.45) is 3.83. The molecular weight excluding hydrogens is 152 g/mol. The van der Waals surface area contributed by atoms with E-state index in [9.17, 15) is 0 Å². The summed E-state index contributed by atoms with van der Waals surface area (Å²) in [5, 5.41) is 0. The predicted octanol–water partition coefficient (Wildman–Crippen LogP) is 3.16. The van der Waals surface area contributed by atoms with Gasteiger partial charge in [0.1, 0.15) is 0 Å². The van der Waals surface area contributed by atoms with Gasteiger partial charge in [-0.3, -0.25) is 0 Å². The summed E-state index contributed by atoms with van der Waals surface area (Å²) >= 11 is 0. The molecule has 0 amide bonds. The molecule has 2 heteroatoms. The fourth-order valence-corrected chi connectivity index (χ4v) is 2.85. The zero-order valence-corrected chi connectivity index (χ0v) is 9.31. The van der Waals surface area contributed by atoms with Gasteiger partial charge in [0.15, 0.2) is 8.32 Å². The lowest BCUT2D eigenvalue weighted by Crippen LogP contribution is -2.31.